The van der Waals surface area contributed by atoms with Crippen molar-refractivity contribution < 1.29 is 17.9 Å². The molecule has 0 saturated carbocycles. The molecule has 0 bridgehead atoms. The van der Waals surface area contributed by atoms with E-state index in [9.17, 15) is 12.8 Å². The van der Waals surface area contributed by atoms with Gasteiger partial charge in [-0.3, -0.25) is 4.72 Å². The maximum absolute atomic E-state index is 13.3. The monoisotopic (exact) mass is 309 g/mol. The Morgan fingerprint density at radius 2 is 1.86 bits per heavy atom. The van der Waals surface area contributed by atoms with Crippen molar-refractivity contribution in [2.75, 3.05) is 4.72 Å². The first-order chi connectivity index (χ1) is 9.88. The molecule has 4 nitrogen and oxygen atoms in total. The first-order valence-corrected chi connectivity index (χ1v) is 7.99. The van der Waals surface area contributed by atoms with Crippen molar-refractivity contribution in [1.29, 1.82) is 0 Å². The highest BCUT2D eigenvalue weighted by Gasteiger charge is 2.13. The quantitative estimate of drug-likeness (QED) is 0.892. The van der Waals surface area contributed by atoms with Gasteiger partial charge in [-0.05, 0) is 41.8 Å². The third-order valence-electron chi connectivity index (χ3n) is 2.85. The molecule has 0 aliphatic rings. The summed E-state index contributed by atoms with van der Waals surface area (Å²) in [6, 6.07) is 10.7. The Balaban J connectivity index is 2.18. The lowest BCUT2D eigenvalue weighted by atomic mass is 10.1. The number of aliphatic hydroxyl groups is 1. The molecule has 6 heteroatoms. The Morgan fingerprint density at radius 3 is 2.52 bits per heavy atom. The maximum atomic E-state index is 13.3. The molecule has 0 radical (unpaired) electrons. The normalized spacial score (nSPS) is 11.4. The summed E-state index contributed by atoms with van der Waals surface area (Å²) in [5.74, 6) is -0.730. The molecule has 0 spiro atoms. The molecule has 0 aromatic heterocycles. The third-order valence-corrected chi connectivity index (χ3v) is 4.11. The molecule has 0 atom stereocenters. The van der Waals surface area contributed by atoms with Crippen molar-refractivity contribution >= 4 is 15.7 Å². The average molecular weight is 309 g/mol. The van der Waals surface area contributed by atoms with E-state index in [4.69, 9.17) is 5.11 Å². The number of aryl methyl sites for hydroxylation is 1. The molecule has 2 aromatic rings. The van der Waals surface area contributed by atoms with Gasteiger partial charge >= 0.3 is 0 Å². The van der Waals surface area contributed by atoms with E-state index in [0.717, 1.165) is 6.07 Å². The number of hydrogen-bond acceptors (Lipinski definition) is 3. The van der Waals surface area contributed by atoms with E-state index >= 15 is 0 Å². The van der Waals surface area contributed by atoms with Crippen LogP contribution >= 0.6 is 0 Å². The molecule has 0 aliphatic heterocycles. The average Bonchev–Trinajstić information content (AvgIpc) is 2.36. The van der Waals surface area contributed by atoms with E-state index in [2.05, 4.69) is 4.72 Å². The van der Waals surface area contributed by atoms with Crippen molar-refractivity contribution in [1.82, 2.24) is 0 Å². The summed E-state index contributed by atoms with van der Waals surface area (Å²) >= 11 is 0. The fourth-order valence-electron chi connectivity index (χ4n) is 2.05. The van der Waals surface area contributed by atoms with Crippen LogP contribution in [0, 0.1) is 12.7 Å². The molecular weight excluding hydrogens is 293 g/mol. The number of rotatable bonds is 5. The summed E-state index contributed by atoms with van der Waals surface area (Å²) in [6.07, 6.45) is 0. The Kier molecular flexibility index (Phi) is 4.59. The van der Waals surface area contributed by atoms with E-state index in [1.165, 1.54) is 6.07 Å². The van der Waals surface area contributed by atoms with Crippen molar-refractivity contribution in [2.24, 2.45) is 0 Å². The molecule has 112 valence electrons. The number of nitrogens with one attached hydrogen (secondary N) is 1. The Labute approximate surface area is 123 Å². The van der Waals surface area contributed by atoms with Gasteiger partial charge in [-0.2, -0.15) is 0 Å². The van der Waals surface area contributed by atoms with E-state index in [-0.39, 0.29) is 18.0 Å². The first-order valence-electron chi connectivity index (χ1n) is 6.34. The van der Waals surface area contributed by atoms with Crippen LogP contribution in [0.2, 0.25) is 0 Å². The van der Waals surface area contributed by atoms with Crippen molar-refractivity contribution in [2.45, 2.75) is 19.3 Å². The highest BCUT2D eigenvalue weighted by atomic mass is 32.2. The fraction of sp³-hybridized carbons (Fsp3) is 0.200. The van der Waals surface area contributed by atoms with Crippen LogP contribution in [0.4, 0.5) is 10.1 Å². The van der Waals surface area contributed by atoms with Crippen LogP contribution in [0.3, 0.4) is 0 Å². The summed E-state index contributed by atoms with van der Waals surface area (Å²) in [7, 11) is -3.64. The number of aliphatic hydroxyl groups excluding tert-OH is 1. The SMILES string of the molecule is Cc1cc(F)cc(NS(=O)(=O)Cc2cccc(CO)c2)c1. The number of anilines is 1. The van der Waals surface area contributed by atoms with Gasteiger partial charge < -0.3 is 5.11 Å². The molecule has 0 unspecified atom stereocenters. The standard InChI is InChI=1S/C15H16FNO3S/c1-11-5-14(16)8-15(6-11)17-21(19,20)10-13-4-2-3-12(7-13)9-18/h2-8,17-18H,9-10H2,1H3. The van der Waals surface area contributed by atoms with Crippen LogP contribution < -0.4 is 4.72 Å². The number of halogens is 1. The van der Waals surface area contributed by atoms with Crippen LogP contribution in [-0.2, 0) is 22.4 Å². The van der Waals surface area contributed by atoms with Crippen LogP contribution in [0.1, 0.15) is 16.7 Å². The van der Waals surface area contributed by atoms with Gasteiger partial charge in [0.25, 0.3) is 0 Å². The lowest BCUT2D eigenvalue weighted by Crippen LogP contribution is -2.15. The Bertz CT molecular complexity index is 724. The minimum atomic E-state index is -3.64. The summed E-state index contributed by atoms with van der Waals surface area (Å²) in [6.45, 7) is 1.54. The molecule has 0 heterocycles. The van der Waals surface area contributed by atoms with Crippen molar-refractivity contribution in [3.05, 3.63) is 65.0 Å². The predicted octanol–water partition coefficient (Wildman–Crippen LogP) is 2.57. The van der Waals surface area contributed by atoms with Crippen LogP contribution in [0.15, 0.2) is 42.5 Å². The lowest BCUT2D eigenvalue weighted by molar-refractivity contribution is 0.282. The van der Waals surface area contributed by atoms with Gasteiger partial charge in [0.2, 0.25) is 10.0 Å². The number of benzene rings is 2. The van der Waals surface area contributed by atoms with E-state index < -0.39 is 15.8 Å². The van der Waals surface area contributed by atoms with Gasteiger partial charge in [-0.15, -0.1) is 0 Å². The number of hydrogen-bond donors (Lipinski definition) is 2. The molecular formula is C15H16FNO3S. The van der Waals surface area contributed by atoms with Crippen molar-refractivity contribution in [3.8, 4) is 0 Å². The van der Waals surface area contributed by atoms with Gasteiger partial charge in [0.05, 0.1) is 18.0 Å². The Hall–Kier alpha value is -1.92. The fourth-order valence-corrected chi connectivity index (χ4v) is 3.22. The van der Waals surface area contributed by atoms with Gasteiger partial charge in [0.1, 0.15) is 5.82 Å². The summed E-state index contributed by atoms with van der Waals surface area (Å²) in [5.41, 5.74) is 2.03. The zero-order valence-corrected chi connectivity index (χ0v) is 12.3. The molecule has 0 saturated heterocycles. The van der Waals surface area contributed by atoms with Crippen LogP contribution in [0.5, 0.6) is 0 Å². The minimum Gasteiger partial charge on any atom is -0.392 e. The number of sulfonamides is 1. The second kappa shape index (κ2) is 6.24. The summed E-state index contributed by atoms with van der Waals surface area (Å²) in [5, 5.41) is 9.05. The van der Waals surface area contributed by atoms with Crippen molar-refractivity contribution in [3.63, 3.8) is 0 Å². The van der Waals surface area contributed by atoms with Gasteiger partial charge in [-0.1, -0.05) is 24.3 Å². The third kappa shape index (κ3) is 4.54. The predicted molar refractivity (Wildman–Crippen MR) is 79.7 cm³/mol. The lowest BCUT2D eigenvalue weighted by Gasteiger charge is -2.09. The van der Waals surface area contributed by atoms with Gasteiger partial charge in [0, 0.05) is 0 Å². The van der Waals surface area contributed by atoms with E-state index in [0.29, 0.717) is 16.7 Å². The van der Waals surface area contributed by atoms with E-state index in [1.807, 2.05) is 0 Å². The minimum absolute atomic E-state index is 0.148. The largest absolute Gasteiger partial charge is 0.392 e. The molecule has 2 aromatic carbocycles. The van der Waals surface area contributed by atoms with Gasteiger partial charge in [-0.25, -0.2) is 12.8 Å². The molecule has 2 rings (SSSR count). The van der Waals surface area contributed by atoms with Gasteiger partial charge in [0.15, 0.2) is 0 Å². The second-order valence-corrected chi connectivity index (χ2v) is 6.58. The Morgan fingerprint density at radius 1 is 1.14 bits per heavy atom. The second-order valence-electron chi connectivity index (χ2n) is 4.86. The molecule has 2 N–H and O–H groups in total. The highest BCUT2D eigenvalue weighted by Crippen LogP contribution is 2.17. The highest BCUT2D eigenvalue weighted by molar-refractivity contribution is 7.91. The van der Waals surface area contributed by atoms with Crippen LogP contribution in [0.25, 0.3) is 0 Å². The molecule has 21 heavy (non-hydrogen) atoms. The molecule has 0 amide bonds. The van der Waals surface area contributed by atoms with Crippen LogP contribution in [-0.4, -0.2) is 13.5 Å². The zero-order chi connectivity index (χ0) is 15.5. The maximum Gasteiger partial charge on any atom is 0.236 e. The summed E-state index contributed by atoms with van der Waals surface area (Å²) in [4.78, 5) is 0. The van der Waals surface area contributed by atoms with E-state index in [1.54, 1.807) is 37.3 Å². The molecule has 0 fully saturated rings. The topological polar surface area (TPSA) is 66.4 Å². The zero-order valence-electron chi connectivity index (χ0n) is 11.5. The molecule has 0 aliphatic carbocycles. The first kappa shape index (κ1) is 15.5. The summed E-state index contributed by atoms with van der Waals surface area (Å²) < 4.78 is 39.8. The smallest absolute Gasteiger partial charge is 0.236 e.